The van der Waals surface area contributed by atoms with Crippen LogP contribution in [0, 0.1) is 0 Å². The highest BCUT2D eigenvalue weighted by molar-refractivity contribution is 9.10. The summed E-state index contributed by atoms with van der Waals surface area (Å²) >= 11 is 3.38. The topological polar surface area (TPSA) is 56.1 Å². The third kappa shape index (κ3) is 2.39. The number of nitrogens with one attached hydrogen (secondary N) is 1. The molecule has 0 unspecified atom stereocenters. The average Bonchev–Trinajstić information content (AvgIpc) is 2.57. The Hall–Kier alpha value is -0.590. The lowest BCUT2D eigenvalue weighted by Crippen LogP contribution is -2.28. The molecule has 1 aromatic heterocycles. The largest absolute Gasteiger partial charge is 0.461 e. The first kappa shape index (κ1) is 13.5. The summed E-state index contributed by atoms with van der Waals surface area (Å²) < 4.78 is 7.63. The summed E-state index contributed by atoms with van der Waals surface area (Å²) in [4.78, 5) is 15.8. The minimum absolute atomic E-state index is 0. The van der Waals surface area contributed by atoms with Gasteiger partial charge in [0.05, 0.1) is 13.2 Å². The van der Waals surface area contributed by atoms with Crippen LogP contribution in [0.15, 0.2) is 4.60 Å². The second kappa shape index (κ2) is 5.65. The highest BCUT2D eigenvalue weighted by Crippen LogP contribution is 2.21. The van der Waals surface area contributed by atoms with Gasteiger partial charge in [-0.15, -0.1) is 12.4 Å². The van der Waals surface area contributed by atoms with Gasteiger partial charge < -0.3 is 14.6 Å². The van der Waals surface area contributed by atoms with Gasteiger partial charge in [-0.3, -0.25) is 0 Å². The molecule has 0 atom stereocenters. The third-order valence-corrected chi connectivity index (χ3v) is 3.05. The average molecular weight is 311 g/mol. The Kier molecular flexibility index (Phi) is 4.76. The summed E-state index contributed by atoms with van der Waals surface area (Å²) in [5, 5.41) is 3.20. The number of nitrogens with zero attached hydrogens (tertiary/aromatic N) is 2. The van der Waals surface area contributed by atoms with Crippen LogP contribution in [0.3, 0.4) is 0 Å². The molecule has 5 nitrogen and oxygen atoms in total. The zero-order valence-electron chi connectivity index (χ0n) is 8.83. The molecule has 0 amide bonds. The van der Waals surface area contributed by atoms with Crippen molar-refractivity contribution >= 4 is 34.3 Å². The number of rotatable bonds is 2. The molecule has 0 saturated heterocycles. The summed E-state index contributed by atoms with van der Waals surface area (Å²) in [6, 6.07) is 0. The molecule has 90 valence electrons. The molecule has 0 aromatic carbocycles. The number of hydrogen-bond donors (Lipinski definition) is 1. The maximum Gasteiger partial charge on any atom is 0.359 e. The molecule has 16 heavy (non-hydrogen) atoms. The Morgan fingerprint density at radius 1 is 1.69 bits per heavy atom. The fraction of sp³-hybridized carbons (Fsp3) is 0.556. The van der Waals surface area contributed by atoms with Gasteiger partial charge in [0.2, 0.25) is 0 Å². The molecule has 0 saturated carbocycles. The van der Waals surface area contributed by atoms with E-state index in [2.05, 4.69) is 26.2 Å². The summed E-state index contributed by atoms with van der Waals surface area (Å²) in [5.74, 6) is 0.502. The van der Waals surface area contributed by atoms with Gasteiger partial charge in [-0.05, 0) is 22.9 Å². The maximum absolute atomic E-state index is 11.5. The van der Waals surface area contributed by atoms with Crippen LogP contribution < -0.4 is 5.32 Å². The van der Waals surface area contributed by atoms with Crippen molar-refractivity contribution in [2.45, 2.75) is 20.0 Å². The molecule has 1 aromatic rings. The van der Waals surface area contributed by atoms with Crippen LogP contribution in [0.1, 0.15) is 23.2 Å². The maximum atomic E-state index is 11.5. The van der Waals surface area contributed by atoms with Gasteiger partial charge in [0.25, 0.3) is 0 Å². The van der Waals surface area contributed by atoms with E-state index in [4.69, 9.17) is 4.74 Å². The predicted octanol–water partition coefficient (Wildman–Crippen LogP) is 1.35. The lowest BCUT2D eigenvalue weighted by atomic mass is 10.4. The third-order valence-electron chi connectivity index (χ3n) is 2.25. The van der Waals surface area contributed by atoms with Crippen molar-refractivity contribution in [1.82, 2.24) is 14.9 Å². The number of carbonyl (C=O) groups excluding carboxylic acids is 1. The van der Waals surface area contributed by atoms with Gasteiger partial charge >= 0.3 is 5.97 Å². The molecule has 1 N–H and O–H groups in total. The number of ether oxygens (including phenoxy) is 1. The number of imidazole rings is 1. The molecule has 2 heterocycles. The number of esters is 1. The van der Waals surface area contributed by atoms with Crippen molar-refractivity contribution in [2.24, 2.45) is 0 Å². The molecule has 0 aliphatic carbocycles. The van der Waals surface area contributed by atoms with Gasteiger partial charge in [0.1, 0.15) is 10.4 Å². The molecular weight excluding hydrogens is 297 g/mol. The van der Waals surface area contributed by atoms with Gasteiger partial charge in [-0.25, -0.2) is 9.78 Å². The van der Waals surface area contributed by atoms with Crippen LogP contribution in [0.5, 0.6) is 0 Å². The van der Waals surface area contributed by atoms with E-state index >= 15 is 0 Å². The van der Waals surface area contributed by atoms with Crippen molar-refractivity contribution < 1.29 is 9.53 Å². The van der Waals surface area contributed by atoms with Crippen molar-refractivity contribution in [1.29, 1.82) is 0 Å². The zero-order valence-corrected chi connectivity index (χ0v) is 11.2. The molecule has 0 radical (unpaired) electrons. The number of halogens is 2. The summed E-state index contributed by atoms with van der Waals surface area (Å²) in [5.41, 5.74) is 0.371. The Labute approximate surface area is 108 Å². The van der Waals surface area contributed by atoms with E-state index in [0.717, 1.165) is 23.5 Å². The molecule has 0 bridgehead atoms. The van der Waals surface area contributed by atoms with E-state index in [0.29, 0.717) is 18.8 Å². The molecular formula is C9H13BrClN3O2. The number of aromatic nitrogens is 2. The predicted molar refractivity (Wildman–Crippen MR) is 64.8 cm³/mol. The lowest BCUT2D eigenvalue weighted by molar-refractivity contribution is 0.0518. The van der Waals surface area contributed by atoms with E-state index in [9.17, 15) is 4.79 Å². The van der Waals surface area contributed by atoms with Crippen LogP contribution in [0.25, 0.3) is 0 Å². The van der Waals surface area contributed by atoms with Crippen molar-refractivity contribution in [2.75, 3.05) is 13.2 Å². The number of hydrogen-bond acceptors (Lipinski definition) is 4. The summed E-state index contributed by atoms with van der Waals surface area (Å²) in [7, 11) is 0. The molecule has 1 aliphatic rings. The Morgan fingerprint density at radius 2 is 2.44 bits per heavy atom. The van der Waals surface area contributed by atoms with Crippen LogP contribution in [-0.2, 0) is 17.8 Å². The monoisotopic (exact) mass is 309 g/mol. The first-order valence-corrected chi connectivity index (χ1v) is 5.66. The van der Waals surface area contributed by atoms with Crippen LogP contribution in [0.2, 0.25) is 0 Å². The minimum Gasteiger partial charge on any atom is -0.461 e. The zero-order chi connectivity index (χ0) is 10.8. The van der Waals surface area contributed by atoms with Crippen molar-refractivity contribution in [3.63, 3.8) is 0 Å². The first-order valence-electron chi connectivity index (χ1n) is 4.86. The highest BCUT2D eigenvalue weighted by atomic mass is 79.9. The van der Waals surface area contributed by atoms with E-state index in [-0.39, 0.29) is 18.4 Å². The molecule has 7 heteroatoms. The van der Waals surface area contributed by atoms with Gasteiger partial charge in [0, 0.05) is 13.1 Å². The van der Waals surface area contributed by atoms with Crippen molar-refractivity contribution in [3.8, 4) is 0 Å². The fourth-order valence-electron chi connectivity index (χ4n) is 1.56. The van der Waals surface area contributed by atoms with E-state index in [1.807, 2.05) is 4.57 Å². The van der Waals surface area contributed by atoms with Crippen molar-refractivity contribution in [3.05, 3.63) is 16.1 Å². The molecule has 0 spiro atoms. The van der Waals surface area contributed by atoms with E-state index in [1.54, 1.807) is 6.92 Å². The quantitative estimate of drug-likeness (QED) is 0.838. The van der Waals surface area contributed by atoms with Crippen LogP contribution in [0.4, 0.5) is 0 Å². The van der Waals surface area contributed by atoms with Crippen LogP contribution >= 0.6 is 28.3 Å². The van der Waals surface area contributed by atoms with Gasteiger partial charge in [-0.2, -0.15) is 0 Å². The SMILES string of the molecule is CCOC(=O)c1nc2n(c1Br)CCNC2.Cl. The molecule has 2 rings (SSSR count). The van der Waals surface area contributed by atoms with Gasteiger partial charge in [-0.1, -0.05) is 0 Å². The van der Waals surface area contributed by atoms with Crippen LogP contribution in [-0.4, -0.2) is 28.7 Å². The number of carbonyl (C=O) groups is 1. The minimum atomic E-state index is -0.369. The lowest BCUT2D eigenvalue weighted by Gasteiger charge is -2.15. The standard InChI is InChI=1S/C9H12BrN3O2.ClH/c1-2-15-9(14)7-8(10)13-4-3-11-5-6(13)12-7;/h11H,2-5H2,1H3;1H. The molecule has 1 aliphatic heterocycles. The number of fused-ring (bicyclic) bond motifs is 1. The second-order valence-electron chi connectivity index (χ2n) is 3.22. The molecule has 0 fully saturated rings. The normalized spacial score (nSPS) is 13.9. The summed E-state index contributed by atoms with van der Waals surface area (Å²) in [6.45, 7) is 4.56. The van der Waals surface area contributed by atoms with E-state index < -0.39 is 0 Å². The smallest absolute Gasteiger partial charge is 0.359 e. The highest BCUT2D eigenvalue weighted by Gasteiger charge is 2.22. The van der Waals surface area contributed by atoms with E-state index in [1.165, 1.54) is 0 Å². The second-order valence-corrected chi connectivity index (χ2v) is 3.97. The summed E-state index contributed by atoms with van der Waals surface area (Å²) in [6.07, 6.45) is 0. The first-order chi connectivity index (χ1) is 7.24. The van der Waals surface area contributed by atoms with Gasteiger partial charge in [0.15, 0.2) is 5.69 Å². The Bertz CT molecular complexity index is 394. The fourth-order valence-corrected chi connectivity index (χ4v) is 2.19. The Morgan fingerprint density at radius 3 is 3.06 bits per heavy atom. The Balaban J connectivity index is 0.00000128.